The molecule has 1 amide bonds. The summed E-state index contributed by atoms with van der Waals surface area (Å²) in [6, 6.07) is 9.70. The summed E-state index contributed by atoms with van der Waals surface area (Å²) < 4.78 is 16.8. The van der Waals surface area contributed by atoms with E-state index in [0.29, 0.717) is 49.8 Å². The van der Waals surface area contributed by atoms with Gasteiger partial charge in [-0.05, 0) is 43.7 Å². The Balaban J connectivity index is 1.34. The van der Waals surface area contributed by atoms with Crippen molar-refractivity contribution in [1.29, 1.82) is 0 Å². The normalized spacial score (nSPS) is 12.6. The number of benzene rings is 2. The molecule has 0 radical (unpaired) electrons. The Morgan fingerprint density at radius 3 is 2.53 bits per heavy atom. The molecule has 0 saturated heterocycles. The first kappa shape index (κ1) is 21.4. The summed E-state index contributed by atoms with van der Waals surface area (Å²) in [5.41, 5.74) is 1.71. The summed E-state index contributed by atoms with van der Waals surface area (Å²) in [5.74, 6) is 1.99. The number of rotatable bonds is 11. The molecule has 9 heteroatoms. The van der Waals surface area contributed by atoms with E-state index in [0.717, 1.165) is 24.3 Å². The van der Waals surface area contributed by atoms with E-state index in [1.807, 2.05) is 6.07 Å². The summed E-state index contributed by atoms with van der Waals surface area (Å²) in [6.45, 7) is 2.44. The predicted molar refractivity (Wildman–Crippen MR) is 112 cm³/mol. The van der Waals surface area contributed by atoms with Crippen LogP contribution in [0, 0.1) is 10.1 Å². The first-order valence-corrected chi connectivity index (χ1v) is 9.79. The molecule has 3 rings (SSSR count). The highest BCUT2D eigenvalue weighted by Gasteiger charge is 2.22. The SMILES string of the molecule is COc1ccc(OCCNCCCOc2ccc([N+](=O)[O-])cc2)c2c1NC(=O)CC2. The molecular formula is C21H25N3O6. The highest BCUT2D eigenvalue weighted by atomic mass is 16.6. The number of nitro benzene ring substituents is 1. The molecule has 2 aromatic carbocycles. The minimum Gasteiger partial charge on any atom is -0.495 e. The van der Waals surface area contributed by atoms with Crippen LogP contribution in [0.3, 0.4) is 0 Å². The molecular weight excluding hydrogens is 390 g/mol. The number of carbonyl (C=O) groups excluding carboxylic acids is 1. The van der Waals surface area contributed by atoms with Crippen LogP contribution < -0.4 is 24.8 Å². The fourth-order valence-electron chi connectivity index (χ4n) is 3.15. The molecule has 0 saturated carbocycles. The van der Waals surface area contributed by atoms with Gasteiger partial charge in [0.2, 0.25) is 5.91 Å². The van der Waals surface area contributed by atoms with Crippen molar-refractivity contribution in [1.82, 2.24) is 5.32 Å². The zero-order valence-corrected chi connectivity index (χ0v) is 16.8. The molecule has 0 unspecified atom stereocenters. The van der Waals surface area contributed by atoms with Crippen LogP contribution in [0.2, 0.25) is 0 Å². The number of ether oxygens (including phenoxy) is 3. The number of amides is 1. The van der Waals surface area contributed by atoms with Crippen molar-refractivity contribution < 1.29 is 23.9 Å². The number of nitro groups is 1. The molecule has 0 aromatic heterocycles. The average Bonchev–Trinajstić information content (AvgIpc) is 2.75. The van der Waals surface area contributed by atoms with Gasteiger partial charge in [0.25, 0.3) is 5.69 Å². The van der Waals surface area contributed by atoms with Gasteiger partial charge in [0.05, 0.1) is 24.3 Å². The van der Waals surface area contributed by atoms with Gasteiger partial charge in [-0.1, -0.05) is 0 Å². The first-order chi connectivity index (χ1) is 14.6. The number of hydrogen-bond donors (Lipinski definition) is 2. The Hall–Kier alpha value is -3.33. The van der Waals surface area contributed by atoms with Gasteiger partial charge in [0.15, 0.2) is 0 Å². The number of nitrogens with one attached hydrogen (secondary N) is 2. The highest BCUT2D eigenvalue weighted by Crippen LogP contribution is 2.38. The van der Waals surface area contributed by atoms with E-state index in [-0.39, 0.29) is 11.6 Å². The van der Waals surface area contributed by atoms with Gasteiger partial charge >= 0.3 is 0 Å². The summed E-state index contributed by atoms with van der Waals surface area (Å²) >= 11 is 0. The lowest BCUT2D eigenvalue weighted by molar-refractivity contribution is -0.384. The lowest BCUT2D eigenvalue weighted by atomic mass is 10.0. The van der Waals surface area contributed by atoms with Crippen molar-refractivity contribution in [3.8, 4) is 17.2 Å². The number of hydrogen-bond acceptors (Lipinski definition) is 7. The molecule has 0 fully saturated rings. The number of methoxy groups -OCH3 is 1. The number of non-ortho nitro benzene ring substituents is 1. The minimum atomic E-state index is -0.437. The standard InChI is InChI=1S/C21H25N3O6/c1-28-19-9-8-18(17-7-10-20(25)23-21(17)19)30-14-12-22-11-2-13-29-16-5-3-15(4-6-16)24(26)27/h3-6,8-9,22H,2,7,10-14H2,1H3,(H,23,25). The van der Waals surface area contributed by atoms with Crippen molar-refractivity contribution in [2.24, 2.45) is 0 Å². The molecule has 160 valence electrons. The van der Waals surface area contributed by atoms with Crippen molar-refractivity contribution in [3.63, 3.8) is 0 Å². The van der Waals surface area contributed by atoms with Crippen LogP contribution in [-0.4, -0.2) is 44.2 Å². The van der Waals surface area contributed by atoms with E-state index in [4.69, 9.17) is 14.2 Å². The smallest absolute Gasteiger partial charge is 0.269 e. The van der Waals surface area contributed by atoms with E-state index in [1.165, 1.54) is 12.1 Å². The van der Waals surface area contributed by atoms with Gasteiger partial charge in [-0.25, -0.2) is 0 Å². The summed E-state index contributed by atoms with van der Waals surface area (Å²) in [5, 5.41) is 16.8. The fraction of sp³-hybridized carbons (Fsp3) is 0.381. The number of carbonyl (C=O) groups is 1. The minimum absolute atomic E-state index is 0.0180. The van der Waals surface area contributed by atoms with Crippen LogP contribution >= 0.6 is 0 Å². The van der Waals surface area contributed by atoms with Gasteiger partial charge in [-0.3, -0.25) is 14.9 Å². The van der Waals surface area contributed by atoms with Crippen LogP contribution in [0.4, 0.5) is 11.4 Å². The third-order valence-electron chi connectivity index (χ3n) is 4.67. The summed E-state index contributed by atoms with van der Waals surface area (Å²) in [4.78, 5) is 21.9. The topological polar surface area (TPSA) is 112 Å². The van der Waals surface area contributed by atoms with Crippen LogP contribution in [0.1, 0.15) is 18.4 Å². The monoisotopic (exact) mass is 415 g/mol. The molecule has 1 heterocycles. The van der Waals surface area contributed by atoms with Crippen LogP contribution in [0.5, 0.6) is 17.2 Å². The molecule has 9 nitrogen and oxygen atoms in total. The second-order valence-electron chi connectivity index (χ2n) is 6.72. The zero-order valence-electron chi connectivity index (χ0n) is 16.8. The van der Waals surface area contributed by atoms with E-state index < -0.39 is 4.92 Å². The molecule has 0 bridgehead atoms. The molecule has 0 aliphatic carbocycles. The number of fused-ring (bicyclic) bond motifs is 1. The van der Waals surface area contributed by atoms with Crippen LogP contribution in [-0.2, 0) is 11.2 Å². The highest BCUT2D eigenvalue weighted by molar-refractivity contribution is 5.96. The van der Waals surface area contributed by atoms with Crippen molar-refractivity contribution >= 4 is 17.3 Å². The van der Waals surface area contributed by atoms with E-state index >= 15 is 0 Å². The van der Waals surface area contributed by atoms with Crippen LogP contribution in [0.15, 0.2) is 36.4 Å². The van der Waals surface area contributed by atoms with Gasteiger partial charge in [0.1, 0.15) is 23.9 Å². The van der Waals surface area contributed by atoms with E-state index in [1.54, 1.807) is 25.3 Å². The Bertz CT molecular complexity index is 885. The molecule has 1 aliphatic rings. The van der Waals surface area contributed by atoms with Crippen molar-refractivity contribution in [3.05, 3.63) is 52.1 Å². The fourth-order valence-corrected chi connectivity index (χ4v) is 3.15. The lowest BCUT2D eigenvalue weighted by Crippen LogP contribution is -2.24. The maximum absolute atomic E-state index is 11.7. The first-order valence-electron chi connectivity index (χ1n) is 9.79. The zero-order chi connectivity index (χ0) is 21.3. The maximum Gasteiger partial charge on any atom is 0.269 e. The molecule has 30 heavy (non-hydrogen) atoms. The van der Waals surface area contributed by atoms with Gasteiger partial charge in [-0.15, -0.1) is 0 Å². The quantitative estimate of drug-likeness (QED) is 0.330. The number of anilines is 1. The summed E-state index contributed by atoms with van der Waals surface area (Å²) in [7, 11) is 1.58. The van der Waals surface area contributed by atoms with Crippen molar-refractivity contribution in [2.75, 3.05) is 38.7 Å². The molecule has 0 spiro atoms. The molecule has 1 aliphatic heterocycles. The Morgan fingerprint density at radius 2 is 1.80 bits per heavy atom. The summed E-state index contributed by atoms with van der Waals surface area (Å²) in [6.07, 6.45) is 1.85. The third kappa shape index (κ3) is 5.60. The second kappa shape index (κ2) is 10.4. The van der Waals surface area contributed by atoms with Gasteiger partial charge < -0.3 is 24.8 Å². The maximum atomic E-state index is 11.7. The Morgan fingerprint density at radius 1 is 1.03 bits per heavy atom. The van der Waals surface area contributed by atoms with Gasteiger partial charge in [0, 0.05) is 30.7 Å². The van der Waals surface area contributed by atoms with E-state index in [9.17, 15) is 14.9 Å². The lowest BCUT2D eigenvalue weighted by Gasteiger charge is -2.22. The largest absolute Gasteiger partial charge is 0.495 e. The Labute approximate surface area is 174 Å². The number of nitrogens with zero attached hydrogens (tertiary/aromatic N) is 1. The third-order valence-corrected chi connectivity index (χ3v) is 4.67. The Kier molecular flexibility index (Phi) is 7.45. The van der Waals surface area contributed by atoms with Gasteiger partial charge in [-0.2, -0.15) is 0 Å². The average molecular weight is 415 g/mol. The predicted octanol–water partition coefficient (Wildman–Crippen LogP) is 2.93. The van der Waals surface area contributed by atoms with Crippen molar-refractivity contribution in [2.45, 2.75) is 19.3 Å². The van der Waals surface area contributed by atoms with Crippen LogP contribution in [0.25, 0.3) is 0 Å². The van der Waals surface area contributed by atoms with E-state index in [2.05, 4.69) is 10.6 Å². The molecule has 2 aromatic rings. The second-order valence-corrected chi connectivity index (χ2v) is 6.72. The molecule has 2 N–H and O–H groups in total. The molecule has 0 atom stereocenters.